The van der Waals surface area contributed by atoms with Crippen molar-refractivity contribution in [3.05, 3.63) is 187 Å². The molecule has 3 heterocycles. The van der Waals surface area contributed by atoms with Crippen molar-refractivity contribution in [2.45, 2.75) is 0 Å². The van der Waals surface area contributed by atoms with Crippen molar-refractivity contribution in [3.63, 3.8) is 0 Å². The van der Waals surface area contributed by atoms with Crippen LogP contribution in [0.2, 0.25) is 0 Å². The minimum absolute atomic E-state index is 0.533. The number of benzene rings is 8. The van der Waals surface area contributed by atoms with Crippen LogP contribution >= 0.6 is 0 Å². The molecule has 11 aromatic rings. The summed E-state index contributed by atoms with van der Waals surface area (Å²) in [5, 5.41) is 27.7. The van der Waals surface area contributed by atoms with E-state index in [1.54, 1.807) is 0 Å². The van der Waals surface area contributed by atoms with Gasteiger partial charge >= 0.3 is 0 Å². The summed E-state index contributed by atoms with van der Waals surface area (Å²) in [6.07, 6.45) is 0. The molecule has 0 N–H and O–H groups in total. The van der Waals surface area contributed by atoms with Gasteiger partial charge in [-0.15, -0.1) is 0 Å². The van der Waals surface area contributed by atoms with E-state index in [4.69, 9.17) is 0 Å². The highest BCUT2D eigenvalue weighted by Crippen LogP contribution is 2.42. The maximum absolute atomic E-state index is 10.6. The first-order valence-corrected chi connectivity index (χ1v) is 18.3. The van der Waals surface area contributed by atoms with E-state index < -0.39 is 0 Å². The van der Waals surface area contributed by atoms with E-state index in [1.165, 1.54) is 32.6 Å². The van der Waals surface area contributed by atoms with E-state index in [0.717, 1.165) is 61.0 Å². The number of aromatic nitrogens is 3. The number of hydrogen-bond donors (Lipinski definition) is 0. The van der Waals surface area contributed by atoms with Crippen LogP contribution < -0.4 is 0 Å². The summed E-state index contributed by atoms with van der Waals surface area (Å²) < 4.78 is 6.87. The van der Waals surface area contributed by atoms with Crippen LogP contribution in [0.5, 0.6) is 0 Å². The molecular weight excluding hydrogens is 671 g/mol. The normalized spacial score (nSPS) is 11.6. The van der Waals surface area contributed by atoms with Crippen molar-refractivity contribution < 1.29 is 0 Å². The number of hydrogen-bond acceptors (Lipinski definition) is 2. The number of para-hydroxylation sites is 6. The molecular formula is C50H29N5. The zero-order chi connectivity index (χ0) is 36.6. The molecule has 0 aliphatic rings. The van der Waals surface area contributed by atoms with Crippen LogP contribution in [0, 0.1) is 22.7 Å². The fourth-order valence-corrected chi connectivity index (χ4v) is 8.91. The molecule has 0 saturated heterocycles. The Morgan fingerprint density at radius 1 is 0.382 bits per heavy atom. The molecule has 0 amide bonds. The average molecular weight is 700 g/mol. The Labute approximate surface area is 316 Å². The van der Waals surface area contributed by atoms with E-state index in [0.29, 0.717) is 11.1 Å². The summed E-state index contributed by atoms with van der Waals surface area (Å²) in [5.41, 5.74) is 12.2. The van der Waals surface area contributed by atoms with E-state index in [2.05, 4.69) is 165 Å². The van der Waals surface area contributed by atoms with Gasteiger partial charge < -0.3 is 13.7 Å². The summed E-state index contributed by atoms with van der Waals surface area (Å²) in [5.74, 6) is 0. The summed E-state index contributed by atoms with van der Waals surface area (Å²) in [4.78, 5) is 0. The van der Waals surface area contributed by atoms with Gasteiger partial charge in [0.15, 0.2) is 0 Å². The molecule has 5 heteroatoms. The first-order chi connectivity index (χ1) is 27.2. The Bertz CT molecular complexity index is 3420. The second-order valence-electron chi connectivity index (χ2n) is 13.9. The lowest BCUT2D eigenvalue weighted by Crippen LogP contribution is -2.02. The molecule has 0 radical (unpaired) electrons. The van der Waals surface area contributed by atoms with Gasteiger partial charge in [0, 0.05) is 43.6 Å². The highest BCUT2D eigenvalue weighted by molar-refractivity contribution is 6.17. The van der Waals surface area contributed by atoms with Crippen molar-refractivity contribution in [2.24, 2.45) is 0 Å². The fourth-order valence-electron chi connectivity index (χ4n) is 8.91. The summed E-state index contributed by atoms with van der Waals surface area (Å²) >= 11 is 0. The van der Waals surface area contributed by atoms with E-state index >= 15 is 0 Å². The summed E-state index contributed by atoms with van der Waals surface area (Å²) in [7, 11) is 0. The Balaban J connectivity index is 1.18. The van der Waals surface area contributed by atoms with Crippen LogP contribution in [0.3, 0.4) is 0 Å². The lowest BCUT2D eigenvalue weighted by Gasteiger charge is -2.17. The molecule has 5 nitrogen and oxygen atoms in total. The van der Waals surface area contributed by atoms with Gasteiger partial charge in [0.05, 0.1) is 55.6 Å². The van der Waals surface area contributed by atoms with Gasteiger partial charge in [-0.25, -0.2) is 0 Å². The van der Waals surface area contributed by atoms with Crippen LogP contribution in [0.15, 0.2) is 176 Å². The highest BCUT2D eigenvalue weighted by atomic mass is 15.0. The molecule has 0 atom stereocenters. The highest BCUT2D eigenvalue weighted by Gasteiger charge is 2.23. The second kappa shape index (κ2) is 11.8. The molecule has 55 heavy (non-hydrogen) atoms. The molecule has 3 aromatic heterocycles. The van der Waals surface area contributed by atoms with Gasteiger partial charge in [0.1, 0.15) is 12.1 Å². The Kier molecular flexibility index (Phi) is 6.61. The molecule has 254 valence electrons. The molecule has 0 unspecified atom stereocenters. The van der Waals surface area contributed by atoms with Gasteiger partial charge in [-0.1, -0.05) is 115 Å². The molecule has 0 aliphatic heterocycles. The maximum Gasteiger partial charge on any atom is 0.101 e. The van der Waals surface area contributed by atoms with Crippen LogP contribution in [-0.2, 0) is 0 Å². The van der Waals surface area contributed by atoms with Crippen molar-refractivity contribution in [3.8, 4) is 40.3 Å². The molecule has 0 fully saturated rings. The van der Waals surface area contributed by atoms with Crippen LogP contribution in [-0.4, -0.2) is 13.7 Å². The smallest absolute Gasteiger partial charge is 0.101 e. The monoisotopic (exact) mass is 699 g/mol. The van der Waals surface area contributed by atoms with Crippen molar-refractivity contribution in [2.75, 3.05) is 0 Å². The predicted octanol–water partition coefficient (Wildman–Crippen LogP) is 12.4. The maximum atomic E-state index is 10.6. The third-order valence-corrected chi connectivity index (χ3v) is 11.1. The quantitative estimate of drug-likeness (QED) is 0.184. The van der Waals surface area contributed by atoms with E-state index in [9.17, 15) is 10.5 Å². The number of nitrogens with zero attached hydrogens (tertiary/aromatic N) is 5. The standard InChI is InChI=1S/C50H29N5/c51-30-33-14-10-21-36(49(33)55-44-25-7-3-19-39(44)40-22-11-15-34(31-52)50(40)55)32-13-9-16-35(29-32)53-45-26-8-4-20-41(45)48-46(53)27-12-28-47(48)54-42-23-5-1-17-37(42)38-18-2-6-24-43(38)54/h1-29H. The molecule has 0 spiro atoms. The second-order valence-corrected chi connectivity index (χ2v) is 13.9. The third kappa shape index (κ3) is 4.33. The van der Waals surface area contributed by atoms with Gasteiger partial charge in [-0.3, -0.25) is 0 Å². The zero-order valence-corrected chi connectivity index (χ0v) is 29.5. The lowest BCUT2D eigenvalue weighted by atomic mass is 9.99. The van der Waals surface area contributed by atoms with Crippen LogP contribution in [0.25, 0.3) is 93.6 Å². The van der Waals surface area contributed by atoms with Crippen LogP contribution in [0.4, 0.5) is 0 Å². The fraction of sp³-hybridized carbons (Fsp3) is 0. The zero-order valence-electron chi connectivity index (χ0n) is 29.5. The average Bonchev–Trinajstić information content (AvgIpc) is 3.89. The van der Waals surface area contributed by atoms with Crippen molar-refractivity contribution in [1.82, 2.24) is 13.7 Å². The largest absolute Gasteiger partial charge is 0.309 e. The molecule has 8 aromatic carbocycles. The van der Waals surface area contributed by atoms with E-state index in [-0.39, 0.29) is 0 Å². The molecule has 0 aliphatic carbocycles. The Hall–Kier alpha value is -7.86. The molecule has 0 bridgehead atoms. The molecule has 11 rings (SSSR count). The van der Waals surface area contributed by atoms with Gasteiger partial charge in [-0.05, 0) is 66.2 Å². The summed E-state index contributed by atoms with van der Waals surface area (Å²) in [6, 6.07) is 65.9. The minimum atomic E-state index is 0.533. The van der Waals surface area contributed by atoms with E-state index in [1.807, 2.05) is 36.4 Å². The number of fused-ring (bicyclic) bond motifs is 9. The van der Waals surface area contributed by atoms with Crippen molar-refractivity contribution >= 4 is 65.4 Å². The first kappa shape index (κ1) is 30.7. The number of nitriles is 2. The van der Waals surface area contributed by atoms with Crippen molar-refractivity contribution in [1.29, 1.82) is 10.5 Å². The first-order valence-electron chi connectivity index (χ1n) is 18.3. The van der Waals surface area contributed by atoms with Gasteiger partial charge in [0.25, 0.3) is 0 Å². The van der Waals surface area contributed by atoms with Crippen LogP contribution in [0.1, 0.15) is 11.1 Å². The van der Waals surface area contributed by atoms with Gasteiger partial charge in [-0.2, -0.15) is 10.5 Å². The minimum Gasteiger partial charge on any atom is -0.309 e. The van der Waals surface area contributed by atoms with Gasteiger partial charge in [0.2, 0.25) is 0 Å². The molecule has 0 saturated carbocycles. The summed E-state index contributed by atoms with van der Waals surface area (Å²) in [6.45, 7) is 0. The Morgan fingerprint density at radius 2 is 0.891 bits per heavy atom. The SMILES string of the molecule is N#Cc1cccc(-c2cccc(-n3c4ccccc4c4c(-n5c6ccccc6c6ccccc65)cccc43)c2)c1-n1c2ccccc2c2cccc(C#N)c21. The predicted molar refractivity (Wildman–Crippen MR) is 224 cm³/mol. The Morgan fingerprint density at radius 3 is 1.58 bits per heavy atom. The third-order valence-electron chi connectivity index (χ3n) is 11.1. The number of rotatable bonds is 4. The topological polar surface area (TPSA) is 62.4 Å². The lowest BCUT2D eigenvalue weighted by molar-refractivity contribution is 1.16.